The molecule has 0 spiro atoms. The van der Waals surface area contributed by atoms with Crippen molar-refractivity contribution in [1.82, 2.24) is 0 Å². The van der Waals surface area contributed by atoms with Crippen molar-refractivity contribution in [2.75, 3.05) is 4.90 Å². The molecule has 0 radical (unpaired) electrons. The first-order valence-corrected chi connectivity index (χ1v) is 20.4. The van der Waals surface area contributed by atoms with Crippen LogP contribution in [0.1, 0.15) is 0 Å². The van der Waals surface area contributed by atoms with Crippen molar-refractivity contribution < 1.29 is 8.83 Å². The summed E-state index contributed by atoms with van der Waals surface area (Å²) in [6, 6.07) is 71.4. The molecule has 0 aliphatic heterocycles. The maximum absolute atomic E-state index is 6.27. The Labute approximate surface area is 338 Å². The van der Waals surface area contributed by atoms with Gasteiger partial charge in [-0.2, -0.15) is 0 Å². The van der Waals surface area contributed by atoms with Crippen molar-refractivity contribution in [3.05, 3.63) is 200 Å². The van der Waals surface area contributed by atoms with Gasteiger partial charge in [0.15, 0.2) is 0 Å². The zero-order valence-electron chi connectivity index (χ0n) is 31.2. The minimum Gasteiger partial charge on any atom is -0.456 e. The Bertz CT molecular complexity index is 3480. The van der Waals surface area contributed by atoms with Crippen LogP contribution >= 0.6 is 11.3 Å². The number of hydrogen-bond donors (Lipinski definition) is 0. The van der Waals surface area contributed by atoms with Gasteiger partial charge >= 0.3 is 0 Å². The van der Waals surface area contributed by atoms with Crippen LogP contribution in [0.4, 0.5) is 17.1 Å². The second kappa shape index (κ2) is 13.1. The van der Waals surface area contributed by atoms with Gasteiger partial charge in [0.1, 0.15) is 22.3 Å². The van der Waals surface area contributed by atoms with E-state index in [4.69, 9.17) is 8.83 Å². The van der Waals surface area contributed by atoms with Gasteiger partial charge in [0.25, 0.3) is 0 Å². The Balaban J connectivity index is 0.959. The number of furan rings is 2. The number of anilines is 3. The quantitative estimate of drug-likeness (QED) is 0.169. The third-order valence-electron chi connectivity index (χ3n) is 11.5. The molecule has 9 aromatic carbocycles. The van der Waals surface area contributed by atoms with Crippen LogP contribution in [-0.4, -0.2) is 0 Å². The highest BCUT2D eigenvalue weighted by molar-refractivity contribution is 7.27. The predicted octanol–water partition coefficient (Wildman–Crippen LogP) is 16.3. The Morgan fingerprint density at radius 1 is 0.293 bits per heavy atom. The van der Waals surface area contributed by atoms with E-state index in [1.807, 2.05) is 29.5 Å². The summed E-state index contributed by atoms with van der Waals surface area (Å²) in [6.45, 7) is 0. The normalized spacial score (nSPS) is 11.8. The van der Waals surface area contributed by atoms with Gasteiger partial charge in [-0.1, -0.05) is 133 Å². The summed E-state index contributed by atoms with van der Waals surface area (Å²) in [6.07, 6.45) is 0. The SMILES string of the molecule is c1ccc(-c2ccc(N(c3ccc(-c4cccc5c4sc4c5ccc5oc6ccccc6c54)cc3)c3ccc(-c4cccc5oc6ccccc6c45)cc3)cc2)cc1. The lowest BCUT2D eigenvalue weighted by Crippen LogP contribution is -2.09. The highest BCUT2D eigenvalue weighted by Crippen LogP contribution is 2.46. The molecule has 0 unspecified atom stereocenters. The molecule has 4 heteroatoms. The van der Waals surface area contributed by atoms with Gasteiger partial charge in [-0.05, 0) is 100 Å². The first kappa shape index (κ1) is 32.8. The Kier molecular flexibility index (Phi) is 7.40. The molecule has 0 saturated heterocycles. The topological polar surface area (TPSA) is 29.5 Å². The van der Waals surface area contributed by atoms with E-state index in [1.165, 1.54) is 47.8 Å². The van der Waals surface area contributed by atoms with Crippen LogP contribution in [0.2, 0.25) is 0 Å². The van der Waals surface area contributed by atoms with E-state index in [2.05, 4.69) is 187 Å². The van der Waals surface area contributed by atoms with E-state index >= 15 is 0 Å². The molecule has 0 N–H and O–H groups in total. The zero-order valence-corrected chi connectivity index (χ0v) is 32.0. The molecule has 12 aromatic rings. The summed E-state index contributed by atoms with van der Waals surface area (Å²) in [4.78, 5) is 2.34. The van der Waals surface area contributed by atoms with E-state index in [0.29, 0.717) is 0 Å². The molecule has 0 saturated carbocycles. The van der Waals surface area contributed by atoms with Crippen LogP contribution in [0.5, 0.6) is 0 Å². The second-order valence-electron chi connectivity index (χ2n) is 14.8. The molecular weight excluding hydrogens is 727 g/mol. The summed E-state index contributed by atoms with van der Waals surface area (Å²) >= 11 is 1.86. The summed E-state index contributed by atoms with van der Waals surface area (Å²) in [7, 11) is 0. The molecular formula is C54H33NO2S. The van der Waals surface area contributed by atoms with Crippen LogP contribution in [0.15, 0.2) is 209 Å². The zero-order chi connectivity index (χ0) is 38.2. The maximum Gasteiger partial charge on any atom is 0.136 e. The molecule has 272 valence electrons. The molecule has 0 aliphatic carbocycles. The van der Waals surface area contributed by atoms with E-state index in [9.17, 15) is 0 Å². The Hall–Kier alpha value is -7.40. The van der Waals surface area contributed by atoms with Gasteiger partial charge < -0.3 is 13.7 Å². The number of rotatable bonds is 6. The average molecular weight is 760 g/mol. The number of hydrogen-bond acceptors (Lipinski definition) is 4. The number of para-hydroxylation sites is 2. The maximum atomic E-state index is 6.27. The van der Waals surface area contributed by atoms with E-state index < -0.39 is 0 Å². The van der Waals surface area contributed by atoms with Gasteiger partial charge in [-0.15, -0.1) is 11.3 Å². The van der Waals surface area contributed by atoms with Crippen molar-refractivity contribution >= 4 is 92.4 Å². The van der Waals surface area contributed by atoms with Gasteiger partial charge in [-0.25, -0.2) is 0 Å². The fourth-order valence-electron chi connectivity index (χ4n) is 8.77. The fraction of sp³-hybridized carbons (Fsp3) is 0. The van der Waals surface area contributed by atoms with E-state index in [0.717, 1.165) is 66.7 Å². The van der Waals surface area contributed by atoms with Crippen LogP contribution in [0, 0.1) is 0 Å². The molecule has 58 heavy (non-hydrogen) atoms. The molecule has 0 amide bonds. The van der Waals surface area contributed by atoms with Gasteiger partial charge in [0, 0.05) is 58.8 Å². The number of thiophene rings is 1. The molecule has 0 atom stereocenters. The Morgan fingerprint density at radius 2 is 0.759 bits per heavy atom. The molecule has 3 heterocycles. The van der Waals surface area contributed by atoms with Crippen molar-refractivity contribution in [3.63, 3.8) is 0 Å². The summed E-state index contributed by atoms with van der Waals surface area (Å²) < 4.78 is 15.1. The monoisotopic (exact) mass is 759 g/mol. The van der Waals surface area contributed by atoms with Crippen molar-refractivity contribution in [1.29, 1.82) is 0 Å². The highest BCUT2D eigenvalue weighted by atomic mass is 32.1. The van der Waals surface area contributed by atoms with Gasteiger partial charge in [0.05, 0.1) is 0 Å². The van der Waals surface area contributed by atoms with E-state index in [-0.39, 0.29) is 0 Å². The van der Waals surface area contributed by atoms with Crippen LogP contribution in [-0.2, 0) is 0 Å². The molecule has 3 aromatic heterocycles. The predicted molar refractivity (Wildman–Crippen MR) is 245 cm³/mol. The van der Waals surface area contributed by atoms with Crippen LogP contribution in [0.3, 0.4) is 0 Å². The molecule has 0 fully saturated rings. The fourth-order valence-corrected chi connectivity index (χ4v) is 10.2. The largest absolute Gasteiger partial charge is 0.456 e. The minimum absolute atomic E-state index is 0.901. The number of fused-ring (bicyclic) bond motifs is 10. The first-order valence-electron chi connectivity index (χ1n) is 19.6. The number of nitrogens with zero attached hydrogens (tertiary/aromatic N) is 1. The lowest BCUT2D eigenvalue weighted by molar-refractivity contribution is 0.668. The summed E-state index contributed by atoms with van der Waals surface area (Å²) in [5.41, 5.74) is 14.0. The summed E-state index contributed by atoms with van der Waals surface area (Å²) in [5, 5.41) is 7.18. The standard InChI is InChI=1S/C54H33NO2S/c1-2-10-34(11-3-1)35-20-26-38(27-21-35)55(39-28-22-36(23-29-39)41-14-9-19-49-51(41)45-12-4-6-17-47(45)56-49)40-30-24-37(25-31-40)42-15-8-16-43-44-32-33-50-52(54(44)58-53(42)43)46-13-5-7-18-48(46)57-50/h1-33H. The molecule has 3 nitrogen and oxygen atoms in total. The minimum atomic E-state index is 0.901. The van der Waals surface area contributed by atoms with Crippen molar-refractivity contribution in [3.8, 4) is 33.4 Å². The number of benzene rings is 9. The summed E-state index contributed by atoms with van der Waals surface area (Å²) in [5.74, 6) is 0. The average Bonchev–Trinajstić information content (AvgIpc) is 3.99. The third-order valence-corrected chi connectivity index (χ3v) is 12.8. The van der Waals surface area contributed by atoms with Crippen molar-refractivity contribution in [2.24, 2.45) is 0 Å². The second-order valence-corrected chi connectivity index (χ2v) is 15.8. The first-order chi connectivity index (χ1) is 28.7. The lowest BCUT2D eigenvalue weighted by atomic mass is 9.99. The Morgan fingerprint density at radius 3 is 1.43 bits per heavy atom. The van der Waals surface area contributed by atoms with Crippen LogP contribution in [0.25, 0.3) is 97.4 Å². The highest BCUT2D eigenvalue weighted by Gasteiger charge is 2.19. The van der Waals surface area contributed by atoms with Crippen molar-refractivity contribution in [2.45, 2.75) is 0 Å². The molecule has 0 aliphatic rings. The van der Waals surface area contributed by atoms with Gasteiger partial charge in [0.2, 0.25) is 0 Å². The lowest BCUT2D eigenvalue weighted by Gasteiger charge is -2.26. The smallest absolute Gasteiger partial charge is 0.136 e. The van der Waals surface area contributed by atoms with Gasteiger partial charge in [-0.3, -0.25) is 0 Å². The van der Waals surface area contributed by atoms with Crippen LogP contribution < -0.4 is 4.90 Å². The molecule has 12 rings (SSSR count). The molecule has 0 bridgehead atoms. The van der Waals surface area contributed by atoms with E-state index in [1.54, 1.807) is 0 Å². The third kappa shape index (κ3) is 5.19.